The van der Waals surface area contributed by atoms with Gasteiger partial charge in [-0.2, -0.15) is 5.10 Å². The second-order valence-electron chi connectivity index (χ2n) is 3.59. The summed E-state index contributed by atoms with van der Waals surface area (Å²) in [6.07, 6.45) is 0.701. The number of carbonyl (C=O) groups is 1. The molecule has 0 unspecified atom stereocenters. The number of hydrogen-bond acceptors (Lipinski definition) is 4. The fourth-order valence-corrected chi connectivity index (χ4v) is 1.37. The Bertz CT molecular complexity index is 333. The van der Waals surface area contributed by atoms with Crippen molar-refractivity contribution >= 4 is 5.97 Å². The summed E-state index contributed by atoms with van der Waals surface area (Å²) in [4.78, 5) is 11.0. The summed E-state index contributed by atoms with van der Waals surface area (Å²) in [6.45, 7) is 3.92. The van der Waals surface area contributed by atoms with E-state index in [-0.39, 0.29) is 12.5 Å². The van der Waals surface area contributed by atoms with Crippen molar-refractivity contribution in [3.63, 3.8) is 0 Å². The summed E-state index contributed by atoms with van der Waals surface area (Å²) in [7, 11) is 1.30. The number of rotatable bonds is 4. The van der Waals surface area contributed by atoms with Crippen molar-refractivity contribution in [3.05, 3.63) is 18.0 Å². The van der Waals surface area contributed by atoms with E-state index in [9.17, 15) is 9.90 Å². The topological polar surface area (TPSA) is 64.3 Å². The van der Waals surface area contributed by atoms with Gasteiger partial charge in [-0.25, -0.2) is 0 Å². The van der Waals surface area contributed by atoms with E-state index in [1.165, 1.54) is 7.11 Å². The highest BCUT2D eigenvalue weighted by Crippen LogP contribution is 2.19. The van der Waals surface area contributed by atoms with Gasteiger partial charge in [-0.15, -0.1) is 0 Å². The number of methoxy groups -OCH3 is 1. The number of nitrogens with zero attached hydrogens (tertiary/aromatic N) is 2. The van der Waals surface area contributed by atoms with E-state index in [1.807, 2.05) is 13.8 Å². The molecular formula is C10H16N2O3. The second kappa shape index (κ2) is 4.93. The van der Waals surface area contributed by atoms with E-state index < -0.39 is 12.1 Å². The molecule has 0 aromatic carbocycles. The van der Waals surface area contributed by atoms with Gasteiger partial charge in [0.25, 0.3) is 0 Å². The van der Waals surface area contributed by atoms with Gasteiger partial charge in [0.1, 0.15) is 6.10 Å². The lowest BCUT2D eigenvalue weighted by atomic mass is 10.2. The van der Waals surface area contributed by atoms with Crippen LogP contribution in [0.1, 0.15) is 38.1 Å². The van der Waals surface area contributed by atoms with Crippen LogP contribution >= 0.6 is 0 Å². The van der Waals surface area contributed by atoms with E-state index in [0.717, 1.165) is 0 Å². The number of esters is 1. The molecule has 0 radical (unpaired) electrons. The van der Waals surface area contributed by atoms with Crippen LogP contribution in [0.25, 0.3) is 0 Å². The molecule has 0 saturated carbocycles. The van der Waals surface area contributed by atoms with Crippen molar-refractivity contribution in [1.29, 1.82) is 0 Å². The van der Waals surface area contributed by atoms with Gasteiger partial charge in [-0.3, -0.25) is 9.48 Å². The Morgan fingerprint density at radius 1 is 1.67 bits per heavy atom. The molecule has 0 aliphatic rings. The minimum atomic E-state index is -0.859. The number of aromatic nitrogens is 2. The van der Waals surface area contributed by atoms with Gasteiger partial charge < -0.3 is 9.84 Å². The zero-order chi connectivity index (χ0) is 11.4. The van der Waals surface area contributed by atoms with Gasteiger partial charge in [0.2, 0.25) is 0 Å². The molecule has 0 aliphatic carbocycles. The summed E-state index contributed by atoms with van der Waals surface area (Å²) in [5.41, 5.74) is 0.635. The normalized spacial score (nSPS) is 12.9. The number of carbonyl (C=O) groups excluding carboxylic acids is 1. The highest BCUT2D eigenvalue weighted by Gasteiger charge is 2.18. The average Bonchev–Trinajstić information content (AvgIpc) is 2.65. The molecule has 1 atom stereocenters. The third-order valence-corrected chi connectivity index (χ3v) is 2.12. The van der Waals surface area contributed by atoms with Crippen molar-refractivity contribution in [2.24, 2.45) is 0 Å². The molecule has 0 fully saturated rings. The van der Waals surface area contributed by atoms with Crippen molar-refractivity contribution in [1.82, 2.24) is 9.78 Å². The molecular weight excluding hydrogens is 196 g/mol. The molecule has 1 heterocycles. The first kappa shape index (κ1) is 11.7. The third kappa shape index (κ3) is 2.79. The van der Waals surface area contributed by atoms with Gasteiger partial charge >= 0.3 is 5.97 Å². The van der Waals surface area contributed by atoms with Gasteiger partial charge in [0.05, 0.1) is 19.2 Å². The predicted octanol–water partition coefficient (Wildman–Crippen LogP) is 1.06. The Kier molecular flexibility index (Phi) is 3.85. The third-order valence-electron chi connectivity index (χ3n) is 2.12. The zero-order valence-electron chi connectivity index (χ0n) is 9.17. The maximum atomic E-state index is 11.0. The zero-order valence-corrected chi connectivity index (χ0v) is 9.17. The predicted molar refractivity (Wildman–Crippen MR) is 54.2 cm³/mol. The Morgan fingerprint density at radius 3 is 2.87 bits per heavy atom. The summed E-state index contributed by atoms with van der Waals surface area (Å²) in [5, 5.41) is 13.9. The minimum absolute atomic E-state index is 0.0467. The highest BCUT2D eigenvalue weighted by molar-refractivity contribution is 5.69. The van der Waals surface area contributed by atoms with Crippen molar-refractivity contribution in [2.45, 2.75) is 32.4 Å². The molecule has 1 aromatic rings. The molecule has 0 amide bonds. The van der Waals surface area contributed by atoms with Crippen LogP contribution in [0, 0.1) is 0 Å². The van der Waals surface area contributed by atoms with Crippen LogP contribution in [-0.4, -0.2) is 28.0 Å². The Hall–Kier alpha value is -1.36. The van der Waals surface area contributed by atoms with Crippen LogP contribution in [0.5, 0.6) is 0 Å². The molecule has 1 aromatic heterocycles. The number of aliphatic hydroxyl groups is 1. The Balaban J connectivity index is 2.77. The average molecular weight is 212 g/mol. The second-order valence-corrected chi connectivity index (χ2v) is 3.59. The number of aliphatic hydroxyl groups excluding tert-OH is 1. The molecule has 0 saturated heterocycles. The Morgan fingerprint density at radius 2 is 2.33 bits per heavy atom. The van der Waals surface area contributed by atoms with Crippen LogP contribution in [-0.2, 0) is 9.53 Å². The van der Waals surface area contributed by atoms with Gasteiger partial charge in [-0.1, -0.05) is 0 Å². The largest absolute Gasteiger partial charge is 0.469 e. The SMILES string of the molecule is COC(=O)C[C@H](O)c1ccnn1C(C)C. The molecule has 0 aliphatic heterocycles. The highest BCUT2D eigenvalue weighted by atomic mass is 16.5. The van der Waals surface area contributed by atoms with E-state index in [1.54, 1.807) is 16.9 Å². The van der Waals surface area contributed by atoms with E-state index in [0.29, 0.717) is 5.69 Å². The first-order chi connectivity index (χ1) is 7.06. The Labute approximate surface area is 88.7 Å². The maximum Gasteiger partial charge on any atom is 0.308 e. The smallest absolute Gasteiger partial charge is 0.308 e. The summed E-state index contributed by atoms with van der Waals surface area (Å²) in [6, 6.07) is 1.86. The lowest BCUT2D eigenvalue weighted by Gasteiger charge is -2.14. The molecule has 84 valence electrons. The van der Waals surface area contributed by atoms with Crippen LogP contribution < -0.4 is 0 Å². The summed E-state index contributed by atoms with van der Waals surface area (Å²) in [5.74, 6) is -0.431. The lowest BCUT2D eigenvalue weighted by molar-refractivity contribution is -0.143. The van der Waals surface area contributed by atoms with E-state index in [2.05, 4.69) is 9.84 Å². The minimum Gasteiger partial charge on any atom is -0.469 e. The first-order valence-corrected chi connectivity index (χ1v) is 4.84. The van der Waals surface area contributed by atoms with Crippen molar-refractivity contribution < 1.29 is 14.6 Å². The summed E-state index contributed by atoms with van der Waals surface area (Å²) < 4.78 is 6.18. The van der Waals surface area contributed by atoms with E-state index in [4.69, 9.17) is 0 Å². The first-order valence-electron chi connectivity index (χ1n) is 4.84. The van der Waals surface area contributed by atoms with Crippen molar-refractivity contribution in [3.8, 4) is 0 Å². The van der Waals surface area contributed by atoms with E-state index >= 15 is 0 Å². The molecule has 5 heteroatoms. The molecule has 0 bridgehead atoms. The monoisotopic (exact) mass is 212 g/mol. The molecule has 0 spiro atoms. The van der Waals surface area contributed by atoms with Crippen LogP contribution in [0.2, 0.25) is 0 Å². The van der Waals surface area contributed by atoms with Crippen LogP contribution in [0.15, 0.2) is 12.3 Å². The fourth-order valence-electron chi connectivity index (χ4n) is 1.37. The van der Waals surface area contributed by atoms with Gasteiger partial charge in [-0.05, 0) is 19.9 Å². The van der Waals surface area contributed by atoms with Crippen LogP contribution in [0.4, 0.5) is 0 Å². The summed E-state index contributed by atoms with van der Waals surface area (Å²) >= 11 is 0. The molecule has 15 heavy (non-hydrogen) atoms. The fraction of sp³-hybridized carbons (Fsp3) is 0.600. The standard InChI is InChI=1S/C10H16N2O3/c1-7(2)12-8(4-5-11-12)9(13)6-10(14)15-3/h4-5,7,9,13H,6H2,1-3H3/t9-/m0/s1. The lowest BCUT2D eigenvalue weighted by Crippen LogP contribution is -2.14. The molecule has 1 N–H and O–H groups in total. The van der Waals surface area contributed by atoms with Crippen LogP contribution in [0.3, 0.4) is 0 Å². The molecule has 5 nitrogen and oxygen atoms in total. The quantitative estimate of drug-likeness (QED) is 0.758. The van der Waals surface area contributed by atoms with Crippen molar-refractivity contribution in [2.75, 3.05) is 7.11 Å². The van der Waals surface area contributed by atoms with Gasteiger partial charge in [0, 0.05) is 12.2 Å². The molecule has 1 rings (SSSR count). The number of hydrogen-bond donors (Lipinski definition) is 1. The maximum absolute atomic E-state index is 11.0. The van der Waals surface area contributed by atoms with Gasteiger partial charge in [0.15, 0.2) is 0 Å². The number of ether oxygens (including phenoxy) is 1.